The zero-order chi connectivity index (χ0) is 21.8. The number of guanidine groups is 1. The van der Waals surface area contributed by atoms with Crippen LogP contribution < -0.4 is 16.0 Å². The molecule has 0 saturated carbocycles. The summed E-state index contributed by atoms with van der Waals surface area (Å²) in [4.78, 5) is 19.0. The van der Waals surface area contributed by atoms with Crippen LogP contribution in [-0.4, -0.2) is 49.0 Å². The second-order valence-corrected chi connectivity index (χ2v) is 9.10. The standard InChI is InChI=1S/C25H33N5O/c1-25(2,30-13-12-18-8-4-5-9-19(18)16-30)17-28-24(26-3)27-15-20-14-23(31)29-22-11-7-6-10-21(20)22/h4-11,20H,12-17H2,1-3H3,(H,29,31)(H2,26,27,28). The van der Waals surface area contributed by atoms with Crippen molar-refractivity contribution in [2.24, 2.45) is 4.99 Å². The van der Waals surface area contributed by atoms with Gasteiger partial charge in [0.25, 0.3) is 0 Å². The van der Waals surface area contributed by atoms with Crippen molar-refractivity contribution in [1.29, 1.82) is 0 Å². The maximum Gasteiger partial charge on any atom is 0.225 e. The predicted octanol–water partition coefficient (Wildman–Crippen LogP) is 3.11. The van der Waals surface area contributed by atoms with Crippen LogP contribution >= 0.6 is 0 Å². The fraction of sp³-hybridized carbons (Fsp3) is 0.440. The van der Waals surface area contributed by atoms with Crippen molar-refractivity contribution in [1.82, 2.24) is 15.5 Å². The molecule has 0 spiro atoms. The number of anilines is 1. The third kappa shape index (κ3) is 4.90. The molecule has 0 aromatic heterocycles. The van der Waals surface area contributed by atoms with E-state index in [1.165, 1.54) is 16.7 Å². The van der Waals surface area contributed by atoms with Crippen molar-refractivity contribution < 1.29 is 4.79 Å². The highest BCUT2D eigenvalue weighted by Gasteiger charge is 2.30. The summed E-state index contributed by atoms with van der Waals surface area (Å²) < 4.78 is 0. The van der Waals surface area contributed by atoms with Gasteiger partial charge in [-0.15, -0.1) is 0 Å². The summed E-state index contributed by atoms with van der Waals surface area (Å²) in [6.45, 7) is 8.06. The van der Waals surface area contributed by atoms with Gasteiger partial charge in [-0.2, -0.15) is 0 Å². The van der Waals surface area contributed by atoms with Gasteiger partial charge < -0.3 is 16.0 Å². The van der Waals surface area contributed by atoms with Crippen LogP contribution in [0, 0.1) is 0 Å². The molecule has 4 rings (SSSR count). The van der Waals surface area contributed by atoms with E-state index < -0.39 is 0 Å². The van der Waals surface area contributed by atoms with E-state index in [2.05, 4.69) is 70.0 Å². The predicted molar refractivity (Wildman–Crippen MR) is 126 cm³/mol. The zero-order valence-corrected chi connectivity index (χ0v) is 18.7. The Balaban J connectivity index is 1.33. The van der Waals surface area contributed by atoms with Crippen LogP contribution in [0.2, 0.25) is 0 Å². The molecule has 2 aromatic carbocycles. The van der Waals surface area contributed by atoms with Crippen molar-refractivity contribution in [3.8, 4) is 0 Å². The SMILES string of the molecule is CN=C(NCC1CC(=O)Nc2ccccc21)NCC(C)(C)N1CCc2ccccc2C1. The highest BCUT2D eigenvalue weighted by molar-refractivity contribution is 5.94. The van der Waals surface area contributed by atoms with E-state index in [0.717, 1.165) is 37.7 Å². The lowest BCUT2D eigenvalue weighted by Gasteiger charge is -2.42. The summed E-state index contributed by atoms with van der Waals surface area (Å²) in [5, 5.41) is 9.90. The fourth-order valence-corrected chi connectivity index (χ4v) is 4.55. The molecular formula is C25H33N5O. The quantitative estimate of drug-likeness (QED) is 0.515. The molecule has 0 radical (unpaired) electrons. The van der Waals surface area contributed by atoms with Crippen LogP contribution in [0.25, 0.3) is 0 Å². The van der Waals surface area contributed by atoms with Gasteiger partial charge in [-0.1, -0.05) is 42.5 Å². The minimum Gasteiger partial charge on any atom is -0.356 e. The molecule has 0 fully saturated rings. The molecular weight excluding hydrogens is 386 g/mol. The molecule has 2 aliphatic heterocycles. The van der Waals surface area contributed by atoms with Crippen LogP contribution in [0.5, 0.6) is 0 Å². The number of carbonyl (C=O) groups is 1. The van der Waals surface area contributed by atoms with Gasteiger partial charge >= 0.3 is 0 Å². The number of para-hydroxylation sites is 1. The second-order valence-electron chi connectivity index (χ2n) is 9.10. The van der Waals surface area contributed by atoms with Crippen LogP contribution in [-0.2, 0) is 17.8 Å². The lowest BCUT2D eigenvalue weighted by Crippen LogP contribution is -2.54. The van der Waals surface area contributed by atoms with E-state index in [1.54, 1.807) is 7.05 Å². The van der Waals surface area contributed by atoms with E-state index in [0.29, 0.717) is 13.0 Å². The molecule has 2 heterocycles. The Kier molecular flexibility index (Phi) is 6.28. The van der Waals surface area contributed by atoms with Gasteiger partial charge in [-0.3, -0.25) is 14.7 Å². The fourth-order valence-electron chi connectivity index (χ4n) is 4.55. The molecule has 6 heteroatoms. The second kappa shape index (κ2) is 9.10. The summed E-state index contributed by atoms with van der Waals surface area (Å²) in [6.07, 6.45) is 1.58. The number of nitrogens with one attached hydrogen (secondary N) is 3. The van der Waals surface area contributed by atoms with Gasteiger partial charge in [0.2, 0.25) is 5.91 Å². The highest BCUT2D eigenvalue weighted by atomic mass is 16.1. The largest absolute Gasteiger partial charge is 0.356 e. The molecule has 0 bridgehead atoms. The highest BCUT2D eigenvalue weighted by Crippen LogP contribution is 2.31. The Bertz CT molecular complexity index is 968. The summed E-state index contributed by atoms with van der Waals surface area (Å²) in [5.74, 6) is 0.976. The van der Waals surface area contributed by atoms with Crippen molar-refractivity contribution in [3.63, 3.8) is 0 Å². The Labute approximate surface area is 185 Å². The first kappa shape index (κ1) is 21.4. The Morgan fingerprint density at radius 1 is 1.13 bits per heavy atom. The molecule has 0 saturated heterocycles. The molecule has 6 nitrogen and oxygen atoms in total. The molecule has 0 aliphatic carbocycles. The normalized spacial score (nSPS) is 19.3. The topological polar surface area (TPSA) is 68.8 Å². The summed E-state index contributed by atoms with van der Waals surface area (Å²) in [6, 6.07) is 16.8. The lowest BCUT2D eigenvalue weighted by atomic mass is 9.90. The van der Waals surface area contributed by atoms with Crippen LogP contribution in [0.1, 0.15) is 42.9 Å². The minimum atomic E-state index is -0.0114. The molecule has 1 atom stereocenters. The van der Waals surface area contributed by atoms with Crippen molar-refractivity contribution in [2.45, 2.75) is 44.7 Å². The van der Waals surface area contributed by atoms with Gasteiger partial charge in [-0.25, -0.2) is 0 Å². The van der Waals surface area contributed by atoms with Gasteiger partial charge in [0.1, 0.15) is 0 Å². The average molecular weight is 420 g/mol. The molecule has 2 aromatic rings. The number of carbonyl (C=O) groups excluding carboxylic acids is 1. The minimum absolute atomic E-state index is 0.0114. The van der Waals surface area contributed by atoms with Crippen molar-refractivity contribution >= 4 is 17.6 Å². The Hall–Kier alpha value is -2.86. The van der Waals surface area contributed by atoms with E-state index in [9.17, 15) is 4.79 Å². The van der Waals surface area contributed by atoms with Gasteiger partial charge in [0.15, 0.2) is 5.96 Å². The van der Waals surface area contributed by atoms with Gasteiger partial charge in [0.05, 0.1) is 0 Å². The van der Waals surface area contributed by atoms with Crippen molar-refractivity contribution in [3.05, 3.63) is 65.2 Å². The number of fused-ring (bicyclic) bond motifs is 2. The van der Waals surface area contributed by atoms with E-state index in [4.69, 9.17) is 0 Å². The maximum absolute atomic E-state index is 12.1. The van der Waals surface area contributed by atoms with Crippen LogP contribution in [0.4, 0.5) is 5.69 Å². The molecule has 1 unspecified atom stereocenters. The average Bonchev–Trinajstić information content (AvgIpc) is 2.78. The molecule has 1 amide bonds. The molecule has 2 aliphatic rings. The van der Waals surface area contributed by atoms with Gasteiger partial charge in [-0.05, 0) is 43.0 Å². The first-order chi connectivity index (χ1) is 15.0. The van der Waals surface area contributed by atoms with Gasteiger partial charge in [0, 0.05) is 56.8 Å². The Morgan fingerprint density at radius 3 is 2.68 bits per heavy atom. The summed E-state index contributed by atoms with van der Waals surface area (Å²) in [7, 11) is 1.79. The van der Waals surface area contributed by atoms with Crippen molar-refractivity contribution in [2.75, 3.05) is 32.0 Å². The first-order valence-electron chi connectivity index (χ1n) is 11.1. The summed E-state index contributed by atoms with van der Waals surface area (Å²) in [5.41, 5.74) is 4.98. The third-order valence-corrected chi connectivity index (χ3v) is 6.52. The van der Waals surface area contributed by atoms with E-state index in [1.807, 2.05) is 18.2 Å². The number of amides is 1. The van der Waals surface area contributed by atoms with E-state index >= 15 is 0 Å². The number of nitrogens with zero attached hydrogens (tertiary/aromatic N) is 2. The van der Waals surface area contributed by atoms with E-state index in [-0.39, 0.29) is 17.4 Å². The first-order valence-corrected chi connectivity index (χ1v) is 11.1. The molecule has 164 valence electrons. The zero-order valence-electron chi connectivity index (χ0n) is 18.7. The third-order valence-electron chi connectivity index (χ3n) is 6.52. The van der Waals surface area contributed by atoms with Crippen LogP contribution in [0.15, 0.2) is 53.5 Å². The maximum atomic E-state index is 12.1. The number of rotatable bonds is 5. The monoisotopic (exact) mass is 419 g/mol. The molecule has 31 heavy (non-hydrogen) atoms. The number of hydrogen-bond donors (Lipinski definition) is 3. The smallest absolute Gasteiger partial charge is 0.225 e. The number of benzene rings is 2. The number of hydrogen-bond acceptors (Lipinski definition) is 3. The summed E-state index contributed by atoms with van der Waals surface area (Å²) >= 11 is 0. The number of aliphatic imine (C=N–C) groups is 1. The molecule has 3 N–H and O–H groups in total. The lowest BCUT2D eigenvalue weighted by molar-refractivity contribution is -0.116. The Morgan fingerprint density at radius 2 is 1.87 bits per heavy atom. The van der Waals surface area contributed by atoms with Crippen LogP contribution in [0.3, 0.4) is 0 Å².